The Kier molecular flexibility index (Phi) is 4.43. The molecular formula is C11H14ClNO3. The molecule has 0 aromatic heterocycles. The lowest BCUT2D eigenvalue weighted by Crippen LogP contribution is -2.37. The molecule has 1 atom stereocenters. The summed E-state index contributed by atoms with van der Waals surface area (Å²) in [6, 6.07) is 7.42. The fraction of sp³-hybridized carbons (Fsp3) is 0.364. The summed E-state index contributed by atoms with van der Waals surface area (Å²) in [6.07, 6.45) is -0.431. The maximum atomic E-state index is 7.60. The number of fused-ring (bicyclic) bond motifs is 1. The zero-order valence-corrected chi connectivity index (χ0v) is 9.75. The van der Waals surface area contributed by atoms with Crippen molar-refractivity contribution < 1.29 is 14.2 Å². The molecule has 16 heavy (non-hydrogen) atoms. The maximum absolute atomic E-state index is 7.60. The highest BCUT2D eigenvalue weighted by Crippen LogP contribution is 2.31. The fourth-order valence-corrected chi connectivity index (χ4v) is 1.40. The molecule has 0 bridgehead atoms. The molecule has 1 aliphatic rings. The first-order valence-corrected chi connectivity index (χ1v) is 4.91. The van der Waals surface area contributed by atoms with Crippen LogP contribution in [0.5, 0.6) is 11.5 Å². The van der Waals surface area contributed by atoms with E-state index in [4.69, 9.17) is 19.6 Å². The van der Waals surface area contributed by atoms with Gasteiger partial charge in [-0.05, 0) is 19.1 Å². The largest absolute Gasteiger partial charge is 0.485 e. The summed E-state index contributed by atoms with van der Waals surface area (Å²) in [5.41, 5.74) is 0. The minimum Gasteiger partial charge on any atom is -0.485 e. The van der Waals surface area contributed by atoms with Gasteiger partial charge >= 0.3 is 0 Å². The normalized spacial score (nSPS) is 17.2. The molecular weight excluding hydrogens is 230 g/mol. The Morgan fingerprint density at radius 3 is 2.81 bits per heavy atom. The van der Waals surface area contributed by atoms with Crippen LogP contribution in [0.1, 0.15) is 6.92 Å². The summed E-state index contributed by atoms with van der Waals surface area (Å²) in [5.74, 6) is 1.50. The third kappa shape index (κ3) is 2.58. The molecule has 1 unspecified atom stereocenters. The van der Waals surface area contributed by atoms with Crippen LogP contribution in [0.25, 0.3) is 0 Å². The Morgan fingerprint density at radius 2 is 2.12 bits per heavy atom. The first-order chi connectivity index (χ1) is 7.31. The quantitative estimate of drug-likeness (QED) is 0.640. The summed E-state index contributed by atoms with van der Waals surface area (Å²) in [4.78, 5) is 0. The van der Waals surface area contributed by atoms with E-state index in [-0.39, 0.29) is 18.3 Å². The van der Waals surface area contributed by atoms with Gasteiger partial charge in [-0.2, -0.15) is 0 Å². The zero-order chi connectivity index (χ0) is 10.7. The SMILES string of the molecule is CCOC(=N)C1COc2ccccc2O1.Cl. The second-order valence-electron chi connectivity index (χ2n) is 3.16. The van der Waals surface area contributed by atoms with Gasteiger partial charge in [0.2, 0.25) is 12.0 Å². The summed E-state index contributed by atoms with van der Waals surface area (Å²) in [6.45, 7) is 2.64. The Labute approximate surface area is 100 Å². The molecule has 0 amide bonds. The lowest BCUT2D eigenvalue weighted by Gasteiger charge is -2.26. The zero-order valence-electron chi connectivity index (χ0n) is 8.93. The van der Waals surface area contributed by atoms with E-state index in [0.717, 1.165) is 5.75 Å². The van der Waals surface area contributed by atoms with Crippen LogP contribution in [-0.4, -0.2) is 25.2 Å². The van der Waals surface area contributed by atoms with Gasteiger partial charge in [-0.25, -0.2) is 0 Å². The van der Waals surface area contributed by atoms with Gasteiger partial charge < -0.3 is 14.2 Å². The third-order valence-corrected chi connectivity index (χ3v) is 2.10. The van der Waals surface area contributed by atoms with Crippen LogP contribution in [0.4, 0.5) is 0 Å². The van der Waals surface area contributed by atoms with Gasteiger partial charge in [-0.3, -0.25) is 5.41 Å². The summed E-state index contributed by atoms with van der Waals surface area (Å²) in [5, 5.41) is 7.60. The molecule has 88 valence electrons. The molecule has 1 aromatic carbocycles. The second kappa shape index (κ2) is 5.61. The molecule has 4 nitrogen and oxygen atoms in total. The van der Waals surface area contributed by atoms with Crippen molar-refractivity contribution in [3.05, 3.63) is 24.3 Å². The number of halogens is 1. The molecule has 1 aliphatic heterocycles. The van der Waals surface area contributed by atoms with Gasteiger partial charge in [0, 0.05) is 0 Å². The van der Waals surface area contributed by atoms with E-state index in [9.17, 15) is 0 Å². The topological polar surface area (TPSA) is 51.5 Å². The van der Waals surface area contributed by atoms with Gasteiger partial charge in [0.1, 0.15) is 6.61 Å². The molecule has 1 N–H and O–H groups in total. The average molecular weight is 244 g/mol. The molecule has 1 heterocycles. The minimum atomic E-state index is -0.431. The molecule has 0 saturated heterocycles. The molecule has 0 saturated carbocycles. The van der Waals surface area contributed by atoms with Crippen LogP contribution in [0.3, 0.4) is 0 Å². The van der Waals surface area contributed by atoms with E-state index in [0.29, 0.717) is 19.0 Å². The molecule has 1 aromatic rings. The standard InChI is InChI=1S/C11H13NO3.ClH/c1-2-13-11(12)10-7-14-8-5-3-4-6-9(8)15-10;/h3-6,10,12H,2,7H2,1H3;1H. The number of nitrogens with one attached hydrogen (secondary N) is 1. The molecule has 2 rings (SSSR count). The Balaban J connectivity index is 0.00000128. The predicted molar refractivity (Wildman–Crippen MR) is 63.0 cm³/mol. The van der Waals surface area contributed by atoms with Crippen LogP contribution >= 0.6 is 12.4 Å². The summed E-state index contributed by atoms with van der Waals surface area (Å²) < 4.78 is 16.1. The van der Waals surface area contributed by atoms with Crippen molar-refractivity contribution in [3.8, 4) is 11.5 Å². The molecule has 0 aliphatic carbocycles. The fourth-order valence-electron chi connectivity index (χ4n) is 1.40. The van der Waals surface area contributed by atoms with Gasteiger partial charge in [0.25, 0.3) is 0 Å². The smallest absolute Gasteiger partial charge is 0.226 e. The van der Waals surface area contributed by atoms with Crippen LogP contribution in [0, 0.1) is 5.41 Å². The molecule has 0 fully saturated rings. The van der Waals surface area contributed by atoms with Crippen LogP contribution in [0.2, 0.25) is 0 Å². The van der Waals surface area contributed by atoms with Crippen LogP contribution in [0.15, 0.2) is 24.3 Å². The van der Waals surface area contributed by atoms with Crippen molar-refractivity contribution in [2.24, 2.45) is 0 Å². The predicted octanol–water partition coefficient (Wildman–Crippen LogP) is 2.26. The Bertz CT molecular complexity index is 370. The van der Waals surface area contributed by atoms with Crippen molar-refractivity contribution >= 4 is 18.3 Å². The van der Waals surface area contributed by atoms with Gasteiger partial charge in [-0.15, -0.1) is 12.4 Å². The lowest BCUT2D eigenvalue weighted by atomic mass is 10.2. The van der Waals surface area contributed by atoms with Gasteiger partial charge in [0.05, 0.1) is 6.61 Å². The van der Waals surface area contributed by atoms with Crippen molar-refractivity contribution in [2.75, 3.05) is 13.2 Å². The highest BCUT2D eigenvalue weighted by molar-refractivity contribution is 5.85. The van der Waals surface area contributed by atoms with Crippen LogP contribution < -0.4 is 9.47 Å². The second-order valence-corrected chi connectivity index (χ2v) is 3.16. The Morgan fingerprint density at radius 1 is 1.44 bits per heavy atom. The molecule has 0 spiro atoms. The molecule has 0 radical (unpaired) electrons. The first kappa shape index (κ1) is 12.6. The van der Waals surface area contributed by atoms with Gasteiger partial charge in [-0.1, -0.05) is 12.1 Å². The van der Waals surface area contributed by atoms with E-state index >= 15 is 0 Å². The van der Waals surface area contributed by atoms with E-state index in [1.165, 1.54) is 0 Å². The number of para-hydroxylation sites is 2. The number of benzene rings is 1. The highest BCUT2D eigenvalue weighted by atomic mass is 35.5. The number of hydrogen-bond acceptors (Lipinski definition) is 4. The van der Waals surface area contributed by atoms with Crippen LogP contribution in [-0.2, 0) is 4.74 Å². The molecule has 5 heteroatoms. The number of ether oxygens (including phenoxy) is 3. The first-order valence-electron chi connectivity index (χ1n) is 4.91. The maximum Gasteiger partial charge on any atom is 0.226 e. The number of rotatable bonds is 2. The summed E-state index contributed by atoms with van der Waals surface area (Å²) in [7, 11) is 0. The van der Waals surface area contributed by atoms with E-state index in [1.54, 1.807) is 0 Å². The average Bonchev–Trinajstić information content (AvgIpc) is 2.29. The van der Waals surface area contributed by atoms with Crippen molar-refractivity contribution in [2.45, 2.75) is 13.0 Å². The third-order valence-electron chi connectivity index (χ3n) is 2.10. The lowest BCUT2D eigenvalue weighted by molar-refractivity contribution is 0.112. The minimum absolute atomic E-state index is 0. The van der Waals surface area contributed by atoms with E-state index in [2.05, 4.69) is 0 Å². The van der Waals surface area contributed by atoms with Crippen molar-refractivity contribution in [1.29, 1.82) is 5.41 Å². The van der Waals surface area contributed by atoms with Crippen molar-refractivity contribution in [3.63, 3.8) is 0 Å². The highest BCUT2D eigenvalue weighted by Gasteiger charge is 2.25. The van der Waals surface area contributed by atoms with E-state index < -0.39 is 6.10 Å². The van der Waals surface area contributed by atoms with E-state index in [1.807, 2.05) is 31.2 Å². The number of hydrogen-bond donors (Lipinski definition) is 1. The summed E-state index contributed by atoms with van der Waals surface area (Å²) >= 11 is 0. The monoisotopic (exact) mass is 243 g/mol. The van der Waals surface area contributed by atoms with Crippen molar-refractivity contribution in [1.82, 2.24) is 0 Å². The Hall–Kier alpha value is -1.42. The van der Waals surface area contributed by atoms with Gasteiger partial charge in [0.15, 0.2) is 11.5 Å².